The molecule has 0 bridgehead atoms. The number of nitrogens with zero attached hydrogens (tertiary/aromatic N) is 2. The Morgan fingerprint density at radius 3 is 1.56 bits per heavy atom. The van der Waals surface area contributed by atoms with Crippen molar-refractivity contribution in [1.82, 2.24) is 9.55 Å². The van der Waals surface area contributed by atoms with Crippen LogP contribution in [-0.2, 0) is 0 Å². The van der Waals surface area contributed by atoms with Crippen molar-refractivity contribution in [1.29, 1.82) is 0 Å². The Kier molecular flexibility index (Phi) is 5.20. The van der Waals surface area contributed by atoms with Gasteiger partial charge < -0.3 is 0 Å². The fourth-order valence-corrected chi connectivity index (χ4v) is 4.60. The number of imidazole rings is 1. The lowest BCUT2D eigenvalue weighted by Crippen LogP contribution is -2.05. The Hall–Kier alpha value is -3.91. The SMILES string of the molecule is Cc1cc(C)c(-n2c(-c3ccccc3)nc(-c3ccccc3)c2-c2ccccc2)c(C)c1. The molecule has 0 radical (unpaired) electrons. The van der Waals surface area contributed by atoms with Crippen LogP contribution in [0.1, 0.15) is 16.7 Å². The molecule has 0 amide bonds. The lowest BCUT2D eigenvalue weighted by molar-refractivity contribution is 1.03. The van der Waals surface area contributed by atoms with Gasteiger partial charge >= 0.3 is 0 Å². The van der Waals surface area contributed by atoms with E-state index in [0.717, 1.165) is 33.9 Å². The van der Waals surface area contributed by atoms with Crippen LogP contribution in [-0.4, -0.2) is 9.55 Å². The third kappa shape index (κ3) is 3.54. The van der Waals surface area contributed by atoms with E-state index < -0.39 is 0 Å². The average Bonchev–Trinajstić information content (AvgIpc) is 3.20. The summed E-state index contributed by atoms with van der Waals surface area (Å²) in [4.78, 5) is 5.27. The molecule has 0 fully saturated rings. The average molecular weight is 415 g/mol. The van der Waals surface area contributed by atoms with E-state index in [4.69, 9.17) is 4.98 Å². The highest BCUT2D eigenvalue weighted by Gasteiger charge is 2.24. The normalized spacial score (nSPS) is 11.0. The molecule has 2 heteroatoms. The minimum atomic E-state index is 0.957. The highest BCUT2D eigenvalue weighted by atomic mass is 15.1. The molecule has 156 valence electrons. The zero-order valence-corrected chi connectivity index (χ0v) is 18.7. The summed E-state index contributed by atoms with van der Waals surface area (Å²) in [6.45, 7) is 6.55. The topological polar surface area (TPSA) is 17.8 Å². The van der Waals surface area contributed by atoms with Crippen LogP contribution < -0.4 is 0 Å². The van der Waals surface area contributed by atoms with Gasteiger partial charge in [0, 0.05) is 16.7 Å². The number of hydrogen-bond donors (Lipinski definition) is 0. The molecule has 5 aromatic rings. The minimum Gasteiger partial charge on any atom is -0.291 e. The highest BCUT2D eigenvalue weighted by Crippen LogP contribution is 2.40. The van der Waals surface area contributed by atoms with Gasteiger partial charge in [-0.15, -0.1) is 0 Å². The van der Waals surface area contributed by atoms with Crippen molar-refractivity contribution in [2.75, 3.05) is 0 Å². The zero-order valence-electron chi connectivity index (χ0n) is 18.7. The maximum atomic E-state index is 5.27. The van der Waals surface area contributed by atoms with Gasteiger partial charge in [0.2, 0.25) is 0 Å². The predicted octanol–water partition coefficient (Wildman–Crippen LogP) is 7.80. The molecule has 0 aliphatic rings. The molecule has 1 heterocycles. The molecule has 1 aromatic heterocycles. The number of aromatic nitrogens is 2. The van der Waals surface area contributed by atoms with E-state index in [1.807, 2.05) is 0 Å². The molecule has 0 saturated heterocycles. The van der Waals surface area contributed by atoms with Crippen LogP contribution >= 0.6 is 0 Å². The second kappa shape index (κ2) is 8.32. The van der Waals surface area contributed by atoms with Gasteiger partial charge in [0.25, 0.3) is 0 Å². The molecule has 0 spiro atoms. The summed E-state index contributed by atoms with van der Waals surface area (Å²) in [5.74, 6) is 0.957. The van der Waals surface area contributed by atoms with Crippen LogP contribution in [0.5, 0.6) is 0 Å². The first-order valence-electron chi connectivity index (χ1n) is 11.0. The summed E-state index contributed by atoms with van der Waals surface area (Å²) in [5, 5.41) is 0. The van der Waals surface area contributed by atoms with Crippen molar-refractivity contribution in [3.8, 4) is 39.6 Å². The van der Waals surface area contributed by atoms with Gasteiger partial charge in [-0.05, 0) is 31.9 Å². The summed E-state index contributed by atoms with van der Waals surface area (Å²) >= 11 is 0. The largest absolute Gasteiger partial charge is 0.291 e. The van der Waals surface area contributed by atoms with Gasteiger partial charge in [-0.2, -0.15) is 0 Å². The van der Waals surface area contributed by atoms with Crippen LogP contribution in [0.3, 0.4) is 0 Å². The monoisotopic (exact) mass is 414 g/mol. The Balaban J connectivity index is 1.94. The van der Waals surface area contributed by atoms with E-state index in [-0.39, 0.29) is 0 Å². The third-order valence-electron chi connectivity index (χ3n) is 5.86. The van der Waals surface area contributed by atoms with Gasteiger partial charge in [-0.1, -0.05) is 109 Å². The van der Waals surface area contributed by atoms with Crippen LogP contribution in [0.4, 0.5) is 0 Å². The van der Waals surface area contributed by atoms with Crippen molar-refractivity contribution in [2.45, 2.75) is 20.8 Å². The second-order valence-corrected chi connectivity index (χ2v) is 8.31. The molecule has 4 aromatic carbocycles. The highest BCUT2D eigenvalue weighted by molar-refractivity contribution is 5.84. The van der Waals surface area contributed by atoms with Crippen LogP contribution in [0.2, 0.25) is 0 Å². The lowest BCUT2D eigenvalue weighted by atomic mass is 10.0. The second-order valence-electron chi connectivity index (χ2n) is 8.31. The molecule has 2 nitrogen and oxygen atoms in total. The van der Waals surface area contributed by atoms with E-state index >= 15 is 0 Å². The van der Waals surface area contributed by atoms with Crippen molar-refractivity contribution < 1.29 is 0 Å². The van der Waals surface area contributed by atoms with E-state index in [0.29, 0.717) is 0 Å². The smallest absolute Gasteiger partial charge is 0.145 e. The molecule has 0 atom stereocenters. The van der Waals surface area contributed by atoms with Gasteiger partial charge in [0.05, 0.1) is 17.1 Å². The van der Waals surface area contributed by atoms with Gasteiger partial charge in [0.1, 0.15) is 5.82 Å². The number of hydrogen-bond acceptors (Lipinski definition) is 1. The summed E-state index contributed by atoms with van der Waals surface area (Å²) in [6, 6.07) is 36.1. The third-order valence-corrected chi connectivity index (χ3v) is 5.86. The standard InChI is InChI=1S/C30H26N2/c1-21-19-22(2)28(23(3)20-21)32-29(25-15-9-5-10-16-25)27(24-13-7-4-8-14-24)31-30(32)26-17-11-6-12-18-26/h4-20H,1-3H3. The maximum Gasteiger partial charge on any atom is 0.145 e. The molecule has 0 unspecified atom stereocenters. The summed E-state index contributed by atoms with van der Waals surface area (Å²) in [5.41, 5.74) is 10.4. The van der Waals surface area contributed by atoms with Crippen LogP contribution in [0.25, 0.3) is 39.6 Å². The van der Waals surface area contributed by atoms with Gasteiger partial charge in [-0.3, -0.25) is 4.57 Å². The van der Waals surface area contributed by atoms with E-state index in [9.17, 15) is 0 Å². The van der Waals surface area contributed by atoms with Crippen LogP contribution in [0.15, 0.2) is 103 Å². The summed E-state index contributed by atoms with van der Waals surface area (Å²) in [6.07, 6.45) is 0. The summed E-state index contributed by atoms with van der Waals surface area (Å²) < 4.78 is 2.36. The Morgan fingerprint density at radius 2 is 1.03 bits per heavy atom. The molecular weight excluding hydrogens is 388 g/mol. The molecule has 32 heavy (non-hydrogen) atoms. The number of benzene rings is 4. The lowest BCUT2D eigenvalue weighted by Gasteiger charge is -2.19. The first kappa shape index (κ1) is 20.0. The Labute approximate surface area is 189 Å². The van der Waals surface area contributed by atoms with Gasteiger partial charge in [-0.25, -0.2) is 4.98 Å². The first-order valence-corrected chi connectivity index (χ1v) is 11.0. The van der Waals surface area contributed by atoms with Crippen LogP contribution in [0, 0.1) is 20.8 Å². The maximum absolute atomic E-state index is 5.27. The van der Waals surface area contributed by atoms with E-state index in [2.05, 4.69) is 128 Å². The van der Waals surface area contributed by atoms with Crippen molar-refractivity contribution >= 4 is 0 Å². The van der Waals surface area contributed by atoms with Crippen molar-refractivity contribution in [2.24, 2.45) is 0 Å². The molecule has 5 rings (SSSR count). The molecule has 0 aliphatic heterocycles. The van der Waals surface area contributed by atoms with Crippen molar-refractivity contribution in [3.05, 3.63) is 120 Å². The number of rotatable bonds is 4. The first-order chi connectivity index (χ1) is 15.6. The molecule has 0 saturated carbocycles. The fourth-order valence-electron chi connectivity index (χ4n) is 4.60. The quantitative estimate of drug-likeness (QED) is 0.293. The van der Waals surface area contributed by atoms with E-state index in [1.165, 1.54) is 22.4 Å². The number of aryl methyl sites for hydroxylation is 3. The van der Waals surface area contributed by atoms with Gasteiger partial charge in [0.15, 0.2) is 0 Å². The fraction of sp³-hybridized carbons (Fsp3) is 0.100. The molecule has 0 aliphatic carbocycles. The summed E-state index contributed by atoms with van der Waals surface area (Å²) in [7, 11) is 0. The Morgan fingerprint density at radius 1 is 0.562 bits per heavy atom. The van der Waals surface area contributed by atoms with Crippen molar-refractivity contribution in [3.63, 3.8) is 0 Å². The minimum absolute atomic E-state index is 0.957. The Bertz CT molecular complexity index is 1340. The molecule has 0 N–H and O–H groups in total. The van der Waals surface area contributed by atoms with E-state index in [1.54, 1.807) is 0 Å². The zero-order chi connectivity index (χ0) is 22.1. The molecular formula is C30H26N2. The predicted molar refractivity (Wildman–Crippen MR) is 134 cm³/mol.